The van der Waals surface area contributed by atoms with Gasteiger partial charge < -0.3 is 4.42 Å². The first-order valence-corrected chi connectivity index (χ1v) is 17.5. The molecule has 9 rings (SSSR count). The van der Waals surface area contributed by atoms with E-state index >= 15 is 0 Å². The van der Waals surface area contributed by atoms with E-state index in [1.54, 1.807) is 36.5 Å². The van der Waals surface area contributed by atoms with Gasteiger partial charge in [0.15, 0.2) is 17.5 Å². The first-order chi connectivity index (χ1) is 26.5. The van der Waals surface area contributed by atoms with Crippen molar-refractivity contribution in [1.29, 1.82) is 0 Å². The van der Waals surface area contributed by atoms with Gasteiger partial charge in [-0.25, -0.2) is 9.97 Å². The lowest BCUT2D eigenvalue weighted by Crippen LogP contribution is -2.18. The van der Waals surface area contributed by atoms with Gasteiger partial charge in [0.2, 0.25) is 5.95 Å². The average molecular weight is 723 g/mol. The molecular weight excluding hydrogens is 696 g/mol. The number of hydrogen-bond donors (Lipinski definition) is 0. The zero-order valence-corrected chi connectivity index (χ0v) is 29.1. The van der Waals surface area contributed by atoms with Gasteiger partial charge in [0.25, 0.3) is 0 Å². The lowest BCUT2D eigenvalue weighted by atomic mass is 9.97. The Hall–Kier alpha value is -7.23. The van der Waals surface area contributed by atoms with Crippen molar-refractivity contribution < 1.29 is 9.34 Å². The number of hydrogen-bond acceptors (Lipinski definition) is 8. The molecule has 0 aliphatic carbocycles. The van der Waals surface area contributed by atoms with E-state index < -0.39 is 4.92 Å². The van der Waals surface area contributed by atoms with E-state index in [-0.39, 0.29) is 28.2 Å². The molecular formula is C44H27ClN6O3. The lowest BCUT2D eigenvalue weighted by Gasteiger charge is -2.24. The van der Waals surface area contributed by atoms with Crippen LogP contribution in [0.1, 0.15) is 0 Å². The Balaban J connectivity index is 1.36. The molecule has 6 aromatic carbocycles. The van der Waals surface area contributed by atoms with Crippen molar-refractivity contribution in [2.45, 2.75) is 0 Å². The number of nitro groups is 1. The monoisotopic (exact) mass is 722 g/mol. The number of benzene rings is 6. The predicted octanol–water partition coefficient (Wildman–Crippen LogP) is 11.9. The highest BCUT2D eigenvalue weighted by Crippen LogP contribution is 2.46. The Morgan fingerprint density at radius 2 is 1.11 bits per heavy atom. The fourth-order valence-electron chi connectivity index (χ4n) is 6.83. The van der Waals surface area contributed by atoms with Crippen LogP contribution in [0.15, 0.2) is 168 Å². The molecule has 10 heteroatoms. The van der Waals surface area contributed by atoms with Crippen molar-refractivity contribution in [1.82, 2.24) is 19.9 Å². The third-order valence-electron chi connectivity index (χ3n) is 9.18. The summed E-state index contributed by atoms with van der Waals surface area (Å²) in [6.07, 6.45) is 1.57. The van der Waals surface area contributed by atoms with Gasteiger partial charge in [-0.1, -0.05) is 133 Å². The van der Waals surface area contributed by atoms with Gasteiger partial charge in [-0.15, -0.1) is 0 Å². The van der Waals surface area contributed by atoms with Gasteiger partial charge in [0.1, 0.15) is 16.9 Å². The van der Waals surface area contributed by atoms with Gasteiger partial charge in [-0.05, 0) is 53.1 Å². The largest absolute Gasteiger partial charge is 0.456 e. The van der Waals surface area contributed by atoms with Crippen LogP contribution in [-0.2, 0) is 0 Å². The summed E-state index contributed by atoms with van der Waals surface area (Å²) in [6.45, 7) is 0. The number of nitrogens with zero attached hydrogens (tertiary/aromatic N) is 6. The molecule has 0 aliphatic rings. The second kappa shape index (κ2) is 13.7. The number of fused-ring (bicyclic) bond motifs is 3. The van der Waals surface area contributed by atoms with Gasteiger partial charge in [0, 0.05) is 28.1 Å². The molecule has 9 nitrogen and oxygen atoms in total. The Labute approximate surface area is 314 Å². The zero-order chi connectivity index (χ0) is 36.6. The summed E-state index contributed by atoms with van der Waals surface area (Å²) >= 11 is 6.87. The molecule has 0 aliphatic heterocycles. The molecule has 0 unspecified atom stereocenters. The summed E-state index contributed by atoms with van der Waals surface area (Å²) in [7, 11) is 0. The maximum absolute atomic E-state index is 13.1. The van der Waals surface area contributed by atoms with Crippen molar-refractivity contribution in [2.75, 3.05) is 4.90 Å². The topological polar surface area (TPSA) is 111 Å². The summed E-state index contributed by atoms with van der Waals surface area (Å²) in [5, 5.41) is 15.1. The van der Waals surface area contributed by atoms with Crippen LogP contribution in [-0.4, -0.2) is 24.9 Å². The van der Waals surface area contributed by atoms with Crippen molar-refractivity contribution in [3.63, 3.8) is 0 Å². The summed E-state index contributed by atoms with van der Waals surface area (Å²) in [4.78, 5) is 34.0. The Morgan fingerprint density at radius 3 is 1.76 bits per heavy atom. The number of para-hydroxylation sites is 1. The van der Waals surface area contributed by atoms with E-state index in [4.69, 9.17) is 31.0 Å². The van der Waals surface area contributed by atoms with Gasteiger partial charge in [-0.2, -0.15) is 9.97 Å². The average Bonchev–Trinajstić information content (AvgIpc) is 3.62. The zero-order valence-electron chi connectivity index (χ0n) is 28.4. The highest BCUT2D eigenvalue weighted by Gasteiger charge is 2.31. The molecule has 0 bridgehead atoms. The highest BCUT2D eigenvalue weighted by atomic mass is 35.5. The number of halogens is 1. The predicted molar refractivity (Wildman–Crippen MR) is 213 cm³/mol. The normalized spacial score (nSPS) is 11.2. The van der Waals surface area contributed by atoms with Crippen LogP contribution in [0.5, 0.6) is 0 Å². The SMILES string of the molecule is O=[N+]([O-])c1c(-c2ccccc2)cccc1N(c1nc(-c2ccccc2)nc(-c2cccc3oc4cccc(-c5ccccc5)c4c23)n1)c1ncccc1Cl. The van der Waals surface area contributed by atoms with Crippen LogP contribution in [0.25, 0.3) is 67.0 Å². The van der Waals surface area contributed by atoms with Crippen LogP contribution < -0.4 is 4.90 Å². The smallest absolute Gasteiger partial charge is 0.301 e. The van der Waals surface area contributed by atoms with E-state index in [2.05, 4.69) is 23.2 Å². The summed E-state index contributed by atoms with van der Waals surface area (Å²) in [5.41, 5.74) is 5.90. The minimum Gasteiger partial charge on any atom is -0.456 e. The molecule has 9 aromatic rings. The summed E-state index contributed by atoms with van der Waals surface area (Å²) in [5.74, 6) is 0.972. The summed E-state index contributed by atoms with van der Waals surface area (Å²) in [6, 6.07) is 49.1. The Morgan fingerprint density at radius 1 is 0.556 bits per heavy atom. The van der Waals surface area contributed by atoms with Crippen LogP contribution in [0.4, 0.5) is 23.1 Å². The molecule has 0 saturated heterocycles. The number of pyridine rings is 1. The minimum atomic E-state index is -0.398. The van der Waals surface area contributed by atoms with Crippen LogP contribution in [0.3, 0.4) is 0 Å². The van der Waals surface area contributed by atoms with Gasteiger partial charge >= 0.3 is 5.69 Å². The quantitative estimate of drug-likeness (QED) is 0.113. The molecule has 0 spiro atoms. The molecule has 0 N–H and O–H groups in total. The Bertz CT molecular complexity index is 2830. The lowest BCUT2D eigenvalue weighted by molar-refractivity contribution is -0.383. The molecule has 258 valence electrons. The summed E-state index contributed by atoms with van der Waals surface area (Å²) < 4.78 is 6.44. The molecule has 0 radical (unpaired) electrons. The van der Waals surface area contributed by atoms with Crippen LogP contribution in [0, 0.1) is 10.1 Å². The van der Waals surface area contributed by atoms with E-state index in [1.165, 1.54) is 4.90 Å². The number of furan rings is 1. The maximum Gasteiger partial charge on any atom is 0.301 e. The van der Waals surface area contributed by atoms with E-state index in [9.17, 15) is 10.1 Å². The first-order valence-electron chi connectivity index (χ1n) is 17.1. The number of nitro benzene ring substituents is 1. The van der Waals surface area contributed by atoms with Crippen LogP contribution >= 0.6 is 11.6 Å². The fraction of sp³-hybridized carbons (Fsp3) is 0. The standard InChI is InChI=1S/C44H27ClN6O3/c45-34-23-13-27-46-43(34)50(35-24-10-21-32(40(35)51(52)53)29-16-6-2-7-17-29)44-48-41(30-18-8-3-9-19-30)47-42(49-44)33-22-12-26-37-39(33)38-31(20-11-25-36(38)54-37)28-14-4-1-5-15-28/h1-27H. The molecule has 3 heterocycles. The Kier molecular flexibility index (Phi) is 8.30. The molecule has 0 amide bonds. The highest BCUT2D eigenvalue weighted by molar-refractivity contribution is 6.33. The van der Waals surface area contributed by atoms with E-state index in [1.807, 2.05) is 109 Å². The number of aromatic nitrogens is 4. The van der Waals surface area contributed by atoms with Crippen molar-refractivity contribution in [2.24, 2.45) is 0 Å². The molecule has 0 atom stereocenters. The van der Waals surface area contributed by atoms with Crippen molar-refractivity contribution >= 4 is 56.7 Å². The molecule has 0 saturated carbocycles. The number of anilines is 3. The van der Waals surface area contributed by atoms with Gasteiger partial charge in [0.05, 0.1) is 15.5 Å². The molecule has 3 aromatic heterocycles. The molecule has 54 heavy (non-hydrogen) atoms. The van der Waals surface area contributed by atoms with E-state index in [0.717, 1.165) is 27.5 Å². The van der Waals surface area contributed by atoms with Crippen molar-refractivity contribution in [3.05, 3.63) is 179 Å². The number of rotatable bonds is 8. The second-order valence-corrected chi connectivity index (χ2v) is 12.8. The maximum atomic E-state index is 13.1. The van der Waals surface area contributed by atoms with Crippen molar-refractivity contribution in [3.8, 4) is 45.0 Å². The fourth-order valence-corrected chi connectivity index (χ4v) is 7.03. The second-order valence-electron chi connectivity index (χ2n) is 12.4. The first kappa shape index (κ1) is 32.7. The van der Waals surface area contributed by atoms with Crippen LogP contribution in [0.2, 0.25) is 5.02 Å². The third-order valence-corrected chi connectivity index (χ3v) is 9.47. The molecule has 0 fully saturated rings. The minimum absolute atomic E-state index is 0.0841. The van der Waals surface area contributed by atoms with E-state index in [0.29, 0.717) is 39.5 Å². The third kappa shape index (κ3) is 5.78. The van der Waals surface area contributed by atoms with Gasteiger partial charge in [-0.3, -0.25) is 15.0 Å².